The summed E-state index contributed by atoms with van der Waals surface area (Å²) in [6, 6.07) is 17.8. The number of benzene rings is 2. The van der Waals surface area contributed by atoms with Gasteiger partial charge in [-0.1, -0.05) is 30.3 Å². The number of esters is 1. The van der Waals surface area contributed by atoms with Crippen LogP contribution in [0.4, 0.5) is 0 Å². The molecule has 0 heterocycles. The van der Waals surface area contributed by atoms with Gasteiger partial charge in [0.05, 0.1) is 11.6 Å². The summed E-state index contributed by atoms with van der Waals surface area (Å²) in [5.41, 5.74) is 1.45. The van der Waals surface area contributed by atoms with Crippen LogP contribution in [0.5, 0.6) is 5.75 Å². The van der Waals surface area contributed by atoms with Gasteiger partial charge in [0, 0.05) is 6.54 Å². The Hall–Kier alpha value is -3.33. The van der Waals surface area contributed by atoms with Gasteiger partial charge in [0.2, 0.25) is 0 Å². The van der Waals surface area contributed by atoms with Gasteiger partial charge in [-0.25, -0.2) is 4.79 Å². The molecule has 0 spiro atoms. The summed E-state index contributed by atoms with van der Waals surface area (Å²) in [5.74, 6) is -0.584. The molecule has 0 radical (unpaired) electrons. The molecule has 0 aliphatic heterocycles. The zero-order valence-corrected chi connectivity index (χ0v) is 14.6. The first kappa shape index (κ1) is 19.0. The van der Waals surface area contributed by atoms with E-state index in [-0.39, 0.29) is 5.91 Å². The lowest BCUT2D eigenvalue weighted by Crippen LogP contribution is -2.38. The molecule has 0 saturated heterocycles. The van der Waals surface area contributed by atoms with Crippen molar-refractivity contribution in [1.82, 2.24) is 5.32 Å². The Kier molecular flexibility index (Phi) is 6.75. The Balaban J connectivity index is 1.80. The molecule has 26 heavy (non-hydrogen) atoms. The first-order valence-electron chi connectivity index (χ1n) is 8.18. The SMILES string of the molecule is C[C@@H](OC(=O)[C@@H](C)Oc1ccc(C#N)cc1)C(=O)NCc1ccccc1. The smallest absolute Gasteiger partial charge is 0.347 e. The van der Waals surface area contributed by atoms with E-state index in [4.69, 9.17) is 14.7 Å². The van der Waals surface area contributed by atoms with Gasteiger partial charge in [-0.05, 0) is 43.7 Å². The summed E-state index contributed by atoms with van der Waals surface area (Å²) in [7, 11) is 0. The fourth-order valence-corrected chi connectivity index (χ4v) is 2.11. The Morgan fingerprint density at radius 2 is 1.69 bits per heavy atom. The fourth-order valence-electron chi connectivity index (χ4n) is 2.11. The molecule has 2 aromatic rings. The number of rotatable bonds is 7. The summed E-state index contributed by atoms with van der Waals surface area (Å²) in [6.07, 6.45) is -1.81. The van der Waals surface area contributed by atoms with Crippen LogP contribution >= 0.6 is 0 Å². The highest BCUT2D eigenvalue weighted by Crippen LogP contribution is 2.14. The van der Waals surface area contributed by atoms with E-state index in [0.717, 1.165) is 5.56 Å². The highest BCUT2D eigenvalue weighted by atomic mass is 16.6. The average Bonchev–Trinajstić information content (AvgIpc) is 2.67. The van der Waals surface area contributed by atoms with Crippen LogP contribution in [0, 0.1) is 11.3 Å². The number of carbonyl (C=O) groups excluding carboxylic acids is 2. The van der Waals surface area contributed by atoms with Crippen LogP contribution in [0.15, 0.2) is 54.6 Å². The highest BCUT2D eigenvalue weighted by molar-refractivity contribution is 5.84. The van der Waals surface area contributed by atoms with Crippen molar-refractivity contribution in [3.63, 3.8) is 0 Å². The van der Waals surface area contributed by atoms with Crippen LogP contribution in [0.1, 0.15) is 25.0 Å². The normalized spacial score (nSPS) is 12.3. The van der Waals surface area contributed by atoms with Crippen LogP contribution in [0.3, 0.4) is 0 Å². The lowest BCUT2D eigenvalue weighted by atomic mass is 10.2. The molecular weight excluding hydrogens is 332 g/mol. The van der Waals surface area contributed by atoms with Gasteiger partial charge in [0.25, 0.3) is 5.91 Å². The minimum atomic E-state index is -0.932. The van der Waals surface area contributed by atoms with Crippen molar-refractivity contribution in [3.8, 4) is 11.8 Å². The molecule has 2 aromatic carbocycles. The Labute approximate surface area is 152 Å². The molecule has 0 aromatic heterocycles. The molecule has 6 heteroatoms. The van der Waals surface area contributed by atoms with E-state index in [1.807, 2.05) is 36.4 Å². The third-order valence-corrected chi connectivity index (χ3v) is 3.60. The van der Waals surface area contributed by atoms with Crippen molar-refractivity contribution in [2.75, 3.05) is 0 Å². The van der Waals surface area contributed by atoms with Gasteiger partial charge in [-0.3, -0.25) is 4.79 Å². The van der Waals surface area contributed by atoms with E-state index in [1.54, 1.807) is 24.3 Å². The van der Waals surface area contributed by atoms with Gasteiger partial charge in [-0.15, -0.1) is 0 Å². The maximum Gasteiger partial charge on any atom is 0.347 e. The van der Waals surface area contributed by atoms with E-state index < -0.39 is 18.2 Å². The van der Waals surface area contributed by atoms with Crippen LogP contribution < -0.4 is 10.1 Å². The molecule has 1 N–H and O–H groups in total. The fraction of sp³-hybridized carbons (Fsp3) is 0.250. The Morgan fingerprint density at radius 1 is 1.04 bits per heavy atom. The predicted molar refractivity (Wildman–Crippen MR) is 95.1 cm³/mol. The van der Waals surface area contributed by atoms with Gasteiger partial charge >= 0.3 is 5.97 Å². The first-order chi connectivity index (χ1) is 12.5. The van der Waals surface area contributed by atoms with Gasteiger partial charge < -0.3 is 14.8 Å². The third kappa shape index (κ3) is 5.64. The van der Waals surface area contributed by atoms with E-state index in [2.05, 4.69) is 5.32 Å². The van der Waals surface area contributed by atoms with Gasteiger partial charge in [-0.2, -0.15) is 5.26 Å². The molecule has 0 unspecified atom stereocenters. The average molecular weight is 352 g/mol. The minimum absolute atomic E-state index is 0.360. The Morgan fingerprint density at radius 3 is 2.31 bits per heavy atom. The molecule has 134 valence electrons. The molecule has 0 aliphatic carbocycles. The number of hydrogen-bond acceptors (Lipinski definition) is 5. The second-order valence-corrected chi connectivity index (χ2v) is 5.68. The van der Waals surface area contributed by atoms with Gasteiger partial charge in [0.15, 0.2) is 12.2 Å². The second-order valence-electron chi connectivity index (χ2n) is 5.68. The lowest BCUT2D eigenvalue weighted by Gasteiger charge is -2.18. The van der Waals surface area contributed by atoms with Crippen LogP contribution in [-0.4, -0.2) is 24.1 Å². The topological polar surface area (TPSA) is 88.4 Å². The van der Waals surface area contributed by atoms with Crippen LogP contribution in [-0.2, 0) is 20.9 Å². The van der Waals surface area contributed by atoms with Crippen LogP contribution in [0.25, 0.3) is 0 Å². The predicted octanol–water partition coefficient (Wildman–Crippen LogP) is 2.57. The molecule has 1 amide bonds. The van der Waals surface area contributed by atoms with Gasteiger partial charge in [0.1, 0.15) is 5.75 Å². The summed E-state index contributed by atoms with van der Waals surface area (Å²) in [5, 5.41) is 11.5. The number of carbonyl (C=O) groups is 2. The van der Waals surface area contributed by atoms with E-state index >= 15 is 0 Å². The lowest BCUT2D eigenvalue weighted by molar-refractivity contribution is -0.160. The second kappa shape index (κ2) is 9.23. The van der Waals surface area contributed by atoms with Crippen LogP contribution in [0.2, 0.25) is 0 Å². The monoisotopic (exact) mass is 352 g/mol. The van der Waals surface area contributed by atoms with Crippen molar-refractivity contribution in [2.45, 2.75) is 32.6 Å². The molecule has 2 rings (SSSR count). The molecule has 0 bridgehead atoms. The zero-order valence-electron chi connectivity index (χ0n) is 14.6. The van der Waals surface area contributed by atoms with Crippen molar-refractivity contribution in [1.29, 1.82) is 5.26 Å². The zero-order chi connectivity index (χ0) is 18.9. The number of nitriles is 1. The van der Waals surface area contributed by atoms with E-state index in [0.29, 0.717) is 17.9 Å². The Bertz CT molecular complexity index is 782. The molecule has 0 aliphatic rings. The number of nitrogens with one attached hydrogen (secondary N) is 1. The number of ether oxygens (including phenoxy) is 2. The number of amides is 1. The summed E-state index contributed by atoms with van der Waals surface area (Å²) >= 11 is 0. The standard InChI is InChI=1S/C20H20N2O4/c1-14(19(23)22-13-17-6-4-3-5-7-17)26-20(24)15(2)25-18-10-8-16(12-21)9-11-18/h3-11,14-15H,13H2,1-2H3,(H,22,23)/t14-,15-/m1/s1. The number of hydrogen-bond donors (Lipinski definition) is 1. The molecule has 0 fully saturated rings. The maximum absolute atomic E-state index is 12.1. The first-order valence-corrected chi connectivity index (χ1v) is 8.18. The van der Waals surface area contributed by atoms with Crippen molar-refractivity contribution >= 4 is 11.9 Å². The van der Waals surface area contributed by atoms with Crippen molar-refractivity contribution in [2.24, 2.45) is 0 Å². The summed E-state index contributed by atoms with van der Waals surface area (Å²) in [6.45, 7) is 3.40. The quantitative estimate of drug-likeness (QED) is 0.774. The number of nitrogens with zero attached hydrogens (tertiary/aromatic N) is 1. The molecule has 2 atom stereocenters. The maximum atomic E-state index is 12.1. The van der Waals surface area contributed by atoms with Crippen molar-refractivity contribution in [3.05, 3.63) is 65.7 Å². The summed E-state index contributed by atoms with van der Waals surface area (Å²) < 4.78 is 10.6. The molecule has 0 saturated carbocycles. The van der Waals surface area contributed by atoms with Crippen molar-refractivity contribution < 1.29 is 19.1 Å². The van der Waals surface area contributed by atoms with E-state index in [1.165, 1.54) is 13.8 Å². The third-order valence-electron chi connectivity index (χ3n) is 3.60. The molecular formula is C20H20N2O4. The highest BCUT2D eigenvalue weighted by Gasteiger charge is 2.23. The largest absolute Gasteiger partial charge is 0.479 e. The molecule has 6 nitrogen and oxygen atoms in total. The summed E-state index contributed by atoms with van der Waals surface area (Å²) in [4.78, 5) is 24.1. The van der Waals surface area contributed by atoms with E-state index in [9.17, 15) is 9.59 Å². The minimum Gasteiger partial charge on any atom is -0.479 e.